The van der Waals surface area contributed by atoms with Crippen LogP contribution >= 0.6 is 0 Å². The van der Waals surface area contributed by atoms with E-state index in [9.17, 15) is 33.9 Å². The van der Waals surface area contributed by atoms with Crippen molar-refractivity contribution in [1.29, 1.82) is 0 Å². The number of hydrogen-bond acceptors (Lipinski definition) is 10. The van der Waals surface area contributed by atoms with Crippen molar-refractivity contribution in [3.8, 4) is 11.5 Å². The van der Waals surface area contributed by atoms with Crippen LogP contribution in [0.1, 0.15) is 32.0 Å². The topological polar surface area (TPSA) is 211 Å². The minimum atomic E-state index is -1.36. The maximum atomic E-state index is 13.4. The number of nitrogens with one attached hydrogen (secondary N) is 2. The SMILES string of the molecule is CN1CCc2c(cc3c(OC(=O)CNC(=O)c4c(O)c5cc6cnccc6n5n(C)c4=O)c(C(=O)NCC(=O)O)c(=O)n(C)n23)C1. The van der Waals surface area contributed by atoms with Crippen molar-refractivity contribution in [2.45, 2.75) is 13.0 Å². The summed E-state index contributed by atoms with van der Waals surface area (Å²) >= 11 is 0. The number of esters is 1. The first-order chi connectivity index (χ1) is 21.9. The normalized spacial score (nSPS) is 13.2. The highest BCUT2D eigenvalue weighted by atomic mass is 16.5. The van der Waals surface area contributed by atoms with Gasteiger partial charge < -0.3 is 30.5 Å². The Morgan fingerprint density at radius 3 is 2.33 bits per heavy atom. The Bertz CT molecular complexity index is 2260. The van der Waals surface area contributed by atoms with Gasteiger partial charge in [0.25, 0.3) is 22.9 Å². The number of rotatable bonds is 7. The van der Waals surface area contributed by atoms with Gasteiger partial charge in [0, 0.05) is 57.1 Å². The van der Waals surface area contributed by atoms with E-state index in [0.717, 1.165) is 15.9 Å². The minimum absolute atomic E-state index is 0.153. The fourth-order valence-electron chi connectivity index (χ4n) is 5.80. The third kappa shape index (κ3) is 4.82. The predicted molar refractivity (Wildman–Crippen MR) is 160 cm³/mol. The number of ether oxygens (including phenoxy) is 1. The van der Waals surface area contributed by atoms with Gasteiger partial charge in [0.05, 0.1) is 5.52 Å². The molecule has 5 aromatic rings. The summed E-state index contributed by atoms with van der Waals surface area (Å²) in [6.07, 6.45) is 3.60. The fraction of sp³-hybridized carbons (Fsp3) is 0.276. The molecule has 4 N–H and O–H groups in total. The van der Waals surface area contributed by atoms with Crippen LogP contribution in [-0.2, 0) is 36.6 Å². The molecule has 0 bridgehead atoms. The van der Waals surface area contributed by atoms with Crippen molar-refractivity contribution >= 4 is 45.7 Å². The van der Waals surface area contributed by atoms with Gasteiger partial charge in [-0.05, 0) is 30.8 Å². The molecule has 0 saturated heterocycles. The fourth-order valence-corrected chi connectivity index (χ4v) is 5.80. The second-order valence-corrected chi connectivity index (χ2v) is 10.9. The molecule has 0 unspecified atom stereocenters. The van der Waals surface area contributed by atoms with Gasteiger partial charge in [-0.25, -0.2) is 18.7 Å². The van der Waals surface area contributed by atoms with Crippen LogP contribution in [0.2, 0.25) is 0 Å². The van der Waals surface area contributed by atoms with E-state index in [0.29, 0.717) is 30.4 Å². The van der Waals surface area contributed by atoms with Crippen molar-refractivity contribution in [3.05, 3.63) is 73.7 Å². The van der Waals surface area contributed by atoms with E-state index in [-0.39, 0.29) is 11.0 Å². The zero-order valence-electron chi connectivity index (χ0n) is 24.9. The standard InChI is InChI=1S/C29H28N8O9/c1-33-7-5-17-15(13-33)9-19-25(23(27(43)31-11-20(38)39)29(45)35(3)37(17)19)46-21(40)12-32-26(42)22-24(41)18-8-14-10-30-6-4-16(14)36(18)34(2)28(22)44/h4,6,8-10,41H,5,7,11-13H2,1-3H3,(H,31,43)(H,32,42)(H,38,39). The van der Waals surface area contributed by atoms with E-state index in [1.807, 2.05) is 11.9 Å². The highest BCUT2D eigenvalue weighted by Crippen LogP contribution is 2.31. The van der Waals surface area contributed by atoms with E-state index in [1.54, 1.807) is 18.2 Å². The number of aliphatic carboxylic acids is 1. The lowest BCUT2D eigenvalue weighted by Gasteiger charge is -2.23. The van der Waals surface area contributed by atoms with Crippen molar-refractivity contribution < 1.29 is 34.1 Å². The first-order valence-corrected chi connectivity index (χ1v) is 14.0. The Kier molecular flexibility index (Phi) is 7.31. The quantitative estimate of drug-likeness (QED) is 0.160. The van der Waals surface area contributed by atoms with Crippen LogP contribution in [0.15, 0.2) is 40.2 Å². The number of likely N-dealkylation sites (N-methyl/N-ethyl adjacent to an activating group) is 1. The van der Waals surface area contributed by atoms with Gasteiger partial charge in [-0.1, -0.05) is 0 Å². The number of aromatic hydroxyl groups is 1. The van der Waals surface area contributed by atoms with Gasteiger partial charge in [-0.3, -0.25) is 33.5 Å². The second kappa shape index (κ2) is 11.2. The minimum Gasteiger partial charge on any atom is -0.505 e. The molecule has 0 spiro atoms. The zero-order valence-corrected chi connectivity index (χ0v) is 24.9. The van der Waals surface area contributed by atoms with Gasteiger partial charge in [0.1, 0.15) is 29.7 Å². The van der Waals surface area contributed by atoms with E-state index in [1.165, 1.54) is 40.2 Å². The lowest BCUT2D eigenvalue weighted by molar-refractivity contribution is -0.136. The molecule has 0 atom stereocenters. The highest BCUT2D eigenvalue weighted by molar-refractivity contribution is 6.03. The number of nitrogens with zero attached hydrogens (tertiary/aromatic N) is 6. The molecule has 0 aliphatic carbocycles. The van der Waals surface area contributed by atoms with Gasteiger partial charge >= 0.3 is 11.9 Å². The molecule has 6 rings (SSSR count). The average Bonchev–Trinajstić information content (AvgIpc) is 3.59. The summed E-state index contributed by atoms with van der Waals surface area (Å²) in [6.45, 7) is -0.412. The van der Waals surface area contributed by atoms with Gasteiger partial charge in [-0.15, -0.1) is 0 Å². The van der Waals surface area contributed by atoms with Gasteiger partial charge in [0.2, 0.25) is 0 Å². The van der Waals surface area contributed by atoms with Crippen molar-refractivity contribution in [3.63, 3.8) is 0 Å². The molecule has 238 valence electrons. The summed E-state index contributed by atoms with van der Waals surface area (Å²) in [5, 5.41) is 25.0. The smallest absolute Gasteiger partial charge is 0.330 e. The molecule has 0 saturated carbocycles. The summed E-state index contributed by atoms with van der Waals surface area (Å²) in [7, 11) is 4.76. The molecule has 5 aromatic heterocycles. The molecule has 1 aliphatic rings. The number of fused-ring (bicyclic) bond motifs is 6. The van der Waals surface area contributed by atoms with Crippen LogP contribution in [-0.4, -0.2) is 88.9 Å². The first-order valence-electron chi connectivity index (χ1n) is 14.0. The van der Waals surface area contributed by atoms with Crippen LogP contribution in [0, 0.1) is 0 Å². The largest absolute Gasteiger partial charge is 0.505 e. The Morgan fingerprint density at radius 1 is 0.913 bits per heavy atom. The molecule has 0 radical (unpaired) electrons. The maximum Gasteiger partial charge on any atom is 0.330 e. The number of aryl methyl sites for hydroxylation is 2. The molecule has 0 fully saturated rings. The first kappa shape index (κ1) is 30.1. The van der Waals surface area contributed by atoms with E-state index >= 15 is 0 Å². The molecule has 46 heavy (non-hydrogen) atoms. The summed E-state index contributed by atoms with van der Waals surface area (Å²) in [5.41, 5.74) is -0.403. The Labute approximate surface area is 257 Å². The molecule has 17 nitrogen and oxygen atoms in total. The van der Waals surface area contributed by atoms with Crippen LogP contribution in [0.25, 0.3) is 21.9 Å². The summed E-state index contributed by atoms with van der Waals surface area (Å²) in [6, 6.07) is 4.86. The highest BCUT2D eigenvalue weighted by Gasteiger charge is 2.30. The van der Waals surface area contributed by atoms with E-state index in [2.05, 4.69) is 15.6 Å². The molecule has 17 heteroatoms. The Balaban J connectivity index is 1.34. The molecular formula is C29H28N8O9. The van der Waals surface area contributed by atoms with Crippen LogP contribution in [0.4, 0.5) is 0 Å². The third-order valence-corrected chi connectivity index (χ3v) is 7.93. The molecule has 1 aliphatic heterocycles. The number of aromatic nitrogens is 5. The molecule has 2 amide bonds. The molecule has 0 aromatic carbocycles. The average molecular weight is 633 g/mol. The third-order valence-electron chi connectivity index (χ3n) is 7.93. The monoisotopic (exact) mass is 632 g/mol. The van der Waals surface area contributed by atoms with Crippen LogP contribution < -0.4 is 26.5 Å². The van der Waals surface area contributed by atoms with Gasteiger partial charge in [0.15, 0.2) is 17.1 Å². The Morgan fingerprint density at radius 2 is 1.59 bits per heavy atom. The lowest BCUT2D eigenvalue weighted by atomic mass is 10.1. The lowest BCUT2D eigenvalue weighted by Crippen LogP contribution is -2.39. The zero-order chi connectivity index (χ0) is 33.0. The number of hydrogen-bond donors (Lipinski definition) is 4. The van der Waals surface area contributed by atoms with Gasteiger partial charge in [-0.2, -0.15) is 0 Å². The number of amides is 2. The number of carboxylic acid groups (broad SMARTS) is 1. The second-order valence-electron chi connectivity index (χ2n) is 10.9. The number of carboxylic acids is 1. The van der Waals surface area contributed by atoms with E-state index in [4.69, 9.17) is 9.84 Å². The van der Waals surface area contributed by atoms with Crippen molar-refractivity contribution in [2.24, 2.45) is 14.1 Å². The van der Waals surface area contributed by atoms with E-state index < -0.39 is 70.6 Å². The summed E-state index contributed by atoms with van der Waals surface area (Å²) in [5.74, 6) is -5.65. The number of carbonyl (C=O) groups excluding carboxylic acids is 3. The van der Waals surface area contributed by atoms with Crippen LogP contribution in [0.3, 0.4) is 0 Å². The van der Waals surface area contributed by atoms with Crippen LogP contribution in [0.5, 0.6) is 11.5 Å². The van der Waals surface area contributed by atoms with Crippen molar-refractivity contribution in [2.75, 3.05) is 26.7 Å². The summed E-state index contributed by atoms with van der Waals surface area (Å²) in [4.78, 5) is 83.1. The molecule has 6 heterocycles. The number of pyridine rings is 1. The number of carbonyl (C=O) groups is 4. The summed E-state index contributed by atoms with van der Waals surface area (Å²) < 4.78 is 10.8. The predicted octanol–water partition coefficient (Wildman–Crippen LogP) is -1.02. The maximum absolute atomic E-state index is 13.4. The van der Waals surface area contributed by atoms with Crippen molar-refractivity contribution in [1.82, 2.24) is 38.9 Å². The Hall–Kier alpha value is -5.97. The molecular weight excluding hydrogens is 604 g/mol.